The zero-order valence-corrected chi connectivity index (χ0v) is 16.3. The number of aromatic nitrogens is 2. The van der Waals surface area contributed by atoms with E-state index >= 15 is 0 Å². The Kier molecular flexibility index (Phi) is 3.02. The summed E-state index contributed by atoms with van der Waals surface area (Å²) in [5.41, 5.74) is 4.26. The molecule has 5 aromatic rings. The summed E-state index contributed by atoms with van der Waals surface area (Å²) in [5, 5.41) is 5.13. The minimum atomic E-state index is -0.843. The molecule has 4 heterocycles. The summed E-state index contributed by atoms with van der Waals surface area (Å²) in [6.07, 6.45) is 3.54. The SMILES string of the molecule is O=C1NC2(c3ccccc31)c1ccc3ncccc3c1Oc1c2ccc2ncccc12. The molecule has 2 aromatic heterocycles. The molecule has 0 atom stereocenters. The van der Waals surface area contributed by atoms with Crippen LogP contribution in [0.25, 0.3) is 21.8 Å². The number of fused-ring (bicyclic) bond motifs is 10. The molecule has 3 aromatic carbocycles. The van der Waals surface area contributed by atoms with Crippen molar-refractivity contribution in [3.8, 4) is 11.5 Å². The first-order chi connectivity index (χ1) is 15.3. The van der Waals surface area contributed by atoms with Gasteiger partial charge < -0.3 is 10.1 Å². The van der Waals surface area contributed by atoms with Crippen LogP contribution < -0.4 is 10.1 Å². The fourth-order valence-corrected chi connectivity index (χ4v) is 5.05. The molecule has 0 unspecified atom stereocenters. The van der Waals surface area contributed by atoms with Crippen LogP contribution in [0.3, 0.4) is 0 Å². The number of amides is 1. The Labute approximate surface area is 177 Å². The molecule has 7 rings (SSSR count). The van der Waals surface area contributed by atoms with Crippen molar-refractivity contribution in [2.24, 2.45) is 0 Å². The lowest BCUT2D eigenvalue weighted by Gasteiger charge is -2.38. The molecule has 0 bridgehead atoms. The molecule has 5 heteroatoms. The highest BCUT2D eigenvalue weighted by Crippen LogP contribution is 2.56. The van der Waals surface area contributed by atoms with Gasteiger partial charge in [-0.2, -0.15) is 0 Å². The number of carbonyl (C=O) groups excluding carboxylic acids is 1. The van der Waals surface area contributed by atoms with Crippen LogP contribution in [0.5, 0.6) is 11.5 Å². The topological polar surface area (TPSA) is 64.1 Å². The molecule has 5 nitrogen and oxygen atoms in total. The number of hydrogen-bond acceptors (Lipinski definition) is 4. The number of rotatable bonds is 0. The maximum atomic E-state index is 13.1. The summed E-state index contributed by atoms with van der Waals surface area (Å²) in [6.45, 7) is 0. The molecule has 2 aliphatic heterocycles. The fourth-order valence-electron chi connectivity index (χ4n) is 5.05. The van der Waals surface area contributed by atoms with Crippen LogP contribution in [0.2, 0.25) is 0 Å². The van der Waals surface area contributed by atoms with Crippen molar-refractivity contribution in [3.63, 3.8) is 0 Å². The molecule has 1 amide bonds. The Morgan fingerprint density at radius 3 is 1.94 bits per heavy atom. The highest BCUT2D eigenvalue weighted by atomic mass is 16.5. The molecule has 146 valence electrons. The van der Waals surface area contributed by atoms with Gasteiger partial charge in [0.15, 0.2) is 0 Å². The molecule has 0 radical (unpaired) electrons. The van der Waals surface area contributed by atoms with Gasteiger partial charge in [-0.1, -0.05) is 30.3 Å². The van der Waals surface area contributed by atoms with E-state index in [1.165, 1.54) is 0 Å². The molecule has 1 spiro atoms. The summed E-state index contributed by atoms with van der Waals surface area (Å²) in [4.78, 5) is 22.1. The normalized spacial score (nSPS) is 15.3. The number of benzene rings is 3. The lowest BCUT2D eigenvalue weighted by molar-refractivity contribution is 0.0947. The first-order valence-electron chi connectivity index (χ1n) is 10.1. The van der Waals surface area contributed by atoms with Gasteiger partial charge in [-0.15, -0.1) is 0 Å². The van der Waals surface area contributed by atoms with E-state index in [0.717, 1.165) is 38.5 Å². The van der Waals surface area contributed by atoms with Crippen molar-refractivity contribution < 1.29 is 9.53 Å². The largest absolute Gasteiger partial charge is 0.455 e. The molecule has 0 saturated carbocycles. The second kappa shape index (κ2) is 5.67. The summed E-state index contributed by atoms with van der Waals surface area (Å²) in [5.74, 6) is 1.34. The maximum Gasteiger partial charge on any atom is 0.252 e. The monoisotopic (exact) mass is 401 g/mol. The Morgan fingerprint density at radius 1 is 0.677 bits per heavy atom. The average molecular weight is 401 g/mol. The van der Waals surface area contributed by atoms with Gasteiger partial charge >= 0.3 is 0 Å². The van der Waals surface area contributed by atoms with Crippen LogP contribution in [-0.2, 0) is 5.54 Å². The second-order valence-corrected chi connectivity index (χ2v) is 7.88. The third kappa shape index (κ3) is 1.98. The van der Waals surface area contributed by atoms with Crippen LogP contribution in [0.4, 0.5) is 0 Å². The predicted molar refractivity (Wildman–Crippen MR) is 117 cm³/mol. The third-order valence-electron chi connectivity index (χ3n) is 6.36. The first kappa shape index (κ1) is 16.5. The third-order valence-corrected chi connectivity index (χ3v) is 6.36. The Bertz CT molecular complexity index is 1490. The van der Waals surface area contributed by atoms with Gasteiger partial charge in [0, 0.05) is 39.9 Å². The average Bonchev–Trinajstić information content (AvgIpc) is 3.12. The minimum Gasteiger partial charge on any atom is -0.455 e. The number of pyridine rings is 2. The van der Waals surface area contributed by atoms with E-state index in [-0.39, 0.29) is 5.91 Å². The summed E-state index contributed by atoms with van der Waals surface area (Å²) >= 11 is 0. The number of nitrogens with one attached hydrogen (secondary N) is 1. The lowest BCUT2D eigenvalue weighted by Crippen LogP contribution is -2.43. The fraction of sp³-hybridized carbons (Fsp3) is 0.0385. The smallest absolute Gasteiger partial charge is 0.252 e. The van der Waals surface area contributed by atoms with Crippen LogP contribution in [-0.4, -0.2) is 15.9 Å². The van der Waals surface area contributed by atoms with E-state index in [1.807, 2.05) is 72.8 Å². The highest BCUT2D eigenvalue weighted by molar-refractivity contribution is 6.04. The van der Waals surface area contributed by atoms with Gasteiger partial charge in [-0.3, -0.25) is 14.8 Å². The van der Waals surface area contributed by atoms with E-state index in [1.54, 1.807) is 12.4 Å². The molecular formula is C26H15N3O2. The molecule has 1 N–H and O–H groups in total. The molecular weight excluding hydrogens is 386 g/mol. The van der Waals surface area contributed by atoms with Crippen LogP contribution in [0.15, 0.2) is 85.2 Å². The Hall–Kier alpha value is -4.25. The second-order valence-electron chi connectivity index (χ2n) is 7.88. The standard InChI is InChI=1S/C26H15N3O2/c30-25-15-5-1-2-8-18(15)26(29-25)19-9-11-21-16(6-3-13-27-21)23(19)31-24-17-7-4-14-28-22(17)12-10-20(24)26/h1-14H,(H,29,30). The van der Waals surface area contributed by atoms with Crippen LogP contribution in [0, 0.1) is 0 Å². The quantitative estimate of drug-likeness (QED) is 0.400. The molecule has 0 fully saturated rings. The molecule has 0 aliphatic carbocycles. The van der Waals surface area contributed by atoms with Crippen molar-refractivity contribution in [3.05, 3.63) is 107 Å². The van der Waals surface area contributed by atoms with E-state index in [4.69, 9.17) is 4.74 Å². The first-order valence-corrected chi connectivity index (χ1v) is 10.1. The van der Waals surface area contributed by atoms with Crippen molar-refractivity contribution >= 4 is 27.7 Å². The van der Waals surface area contributed by atoms with E-state index in [0.29, 0.717) is 17.1 Å². The molecule has 0 saturated heterocycles. The predicted octanol–water partition coefficient (Wildman–Crippen LogP) is 4.92. The van der Waals surface area contributed by atoms with Crippen molar-refractivity contribution in [2.45, 2.75) is 5.54 Å². The zero-order chi connectivity index (χ0) is 20.6. The van der Waals surface area contributed by atoms with Crippen molar-refractivity contribution in [2.75, 3.05) is 0 Å². The number of carbonyl (C=O) groups is 1. The number of nitrogens with zero attached hydrogens (tertiary/aromatic N) is 2. The number of hydrogen-bond donors (Lipinski definition) is 1. The summed E-state index contributed by atoms with van der Waals surface area (Å²) < 4.78 is 6.61. The van der Waals surface area contributed by atoms with E-state index in [9.17, 15) is 4.79 Å². The summed E-state index contributed by atoms with van der Waals surface area (Å²) in [6, 6.07) is 23.6. The van der Waals surface area contributed by atoms with Gasteiger partial charge in [0.1, 0.15) is 17.0 Å². The zero-order valence-electron chi connectivity index (χ0n) is 16.3. The van der Waals surface area contributed by atoms with Crippen LogP contribution >= 0.6 is 0 Å². The van der Waals surface area contributed by atoms with E-state index < -0.39 is 5.54 Å². The Morgan fingerprint density at radius 2 is 1.29 bits per heavy atom. The molecule has 2 aliphatic rings. The highest BCUT2D eigenvalue weighted by Gasteiger charge is 2.51. The minimum absolute atomic E-state index is 0.0908. The van der Waals surface area contributed by atoms with Crippen molar-refractivity contribution in [1.29, 1.82) is 0 Å². The lowest BCUT2D eigenvalue weighted by atomic mass is 9.75. The van der Waals surface area contributed by atoms with Crippen LogP contribution in [0.1, 0.15) is 27.0 Å². The molecule has 31 heavy (non-hydrogen) atoms. The van der Waals surface area contributed by atoms with Gasteiger partial charge in [0.25, 0.3) is 5.91 Å². The van der Waals surface area contributed by atoms with Gasteiger partial charge in [-0.05, 0) is 48.0 Å². The maximum absolute atomic E-state index is 13.1. The van der Waals surface area contributed by atoms with Gasteiger partial charge in [-0.25, -0.2) is 0 Å². The Balaban J connectivity index is 1.68. The number of ether oxygens (including phenoxy) is 1. The van der Waals surface area contributed by atoms with Gasteiger partial charge in [0.05, 0.1) is 11.0 Å². The summed E-state index contributed by atoms with van der Waals surface area (Å²) in [7, 11) is 0. The van der Waals surface area contributed by atoms with Crippen molar-refractivity contribution in [1.82, 2.24) is 15.3 Å². The van der Waals surface area contributed by atoms with E-state index in [2.05, 4.69) is 15.3 Å². The van der Waals surface area contributed by atoms with Gasteiger partial charge in [0.2, 0.25) is 0 Å².